The second-order valence-corrected chi connectivity index (χ2v) is 9.74. The molecule has 0 saturated carbocycles. The lowest BCUT2D eigenvalue weighted by Crippen LogP contribution is -2.14. The number of nitrogens with zero attached hydrogens (tertiary/aromatic N) is 1. The van der Waals surface area contributed by atoms with Gasteiger partial charge in [-0.1, -0.05) is 11.6 Å². The molecule has 0 radical (unpaired) electrons. The number of carbonyl (C=O) groups is 2. The summed E-state index contributed by atoms with van der Waals surface area (Å²) >= 11 is 8.07. The van der Waals surface area contributed by atoms with Gasteiger partial charge >= 0.3 is 0 Å². The van der Waals surface area contributed by atoms with Crippen molar-refractivity contribution in [3.8, 4) is 16.2 Å². The van der Waals surface area contributed by atoms with Crippen LogP contribution in [0.15, 0.2) is 36.5 Å². The van der Waals surface area contributed by atoms with E-state index >= 15 is 0 Å². The van der Waals surface area contributed by atoms with Gasteiger partial charge in [0.15, 0.2) is 11.6 Å². The van der Waals surface area contributed by atoms with Gasteiger partial charge in [0.1, 0.15) is 17.7 Å². The number of nitrogens with two attached hydrogens (primary N) is 1. The first-order valence-corrected chi connectivity index (χ1v) is 11.9. The van der Waals surface area contributed by atoms with Gasteiger partial charge in [0.2, 0.25) is 0 Å². The molecule has 3 heterocycles. The number of allylic oxidation sites excluding steroid dienone is 1. The molecule has 0 amide bonds. The lowest BCUT2D eigenvalue weighted by Gasteiger charge is -2.10. The number of rotatable bonds is 7. The minimum Gasteiger partial charge on any atom is -0.488 e. The molecule has 0 saturated heterocycles. The van der Waals surface area contributed by atoms with Crippen molar-refractivity contribution in [1.29, 1.82) is 0 Å². The first-order valence-electron chi connectivity index (χ1n) is 10.8. The molecule has 1 aliphatic heterocycles. The van der Waals surface area contributed by atoms with Gasteiger partial charge in [-0.3, -0.25) is 9.59 Å². The number of anilines is 1. The number of fused-ring (bicyclic) bond motifs is 1. The molecule has 7 heteroatoms. The number of aromatic nitrogens is 1. The van der Waals surface area contributed by atoms with Crippen molar-refractivity contribution in [2.75, 3.05) is 5.73 Å². The fraction of sp³-hybridized carbons (Fsp3) is 0.269. The third-order valence-corrected chi connectivity index (χ3v) is 7.69. The average Bonchev–Trinajstić information content (AvgIpc) is 3.33. The topological polar surface area (TPSA) is 82.3 Å². The number of halogens is 1. The van der Waals surface area contributed by atoms with Crippen molar-refractivity contribution in [3.05, 3.63) is 68.7 Å². The molecule has 0 bridgehead atoms. The van der Waals surface area contributed by atoms with E-state index in [4.69, 9.17) is 22.1 Å². The highest BCUT2D eigenvalue weighted by atomic mass is 35.5. The zero-order valence-corrected chi connectivity index (χ0v) is 20.3. The molecule has 0 fully saturated rings. The Balaban J connectivity index is 1.43. The van der Waals surface area contributed by atoms with Crippen LogP contribution in [0.25, 0.3) is 16.5 Å². The maximum Gasteiger partial charge on any atom is 0.170 e. The number of hydrogen-bond acceptors (Lipinski definition) is 6. The SMILES string of the molecule is CC(=O)c1sc(-c2cc(Cl)c3c(c2)CC(CCC(=O)/C=C/c2ccc(N)nc2)O3)c(C)c1C. The van der Waals surface area contributed by atoms with Crippen LogP contribution in [0.1, 0.15) is 51.7 Å². The minimum atomic E-state index is -0.0951. The normalized spacial score (nSPS) is 15.0. The van der Waals surface area contributed by atoms with Crippen molar-refractivity contribution in [1.82, 2.24) is 4.98 Å². The van der Waals surface area contributed by atoms with Gasteiger partial charge in [-0.2, -0.15) is 0 Å². The maximum atomic E-state index is 12.3. The Morgan fingerprint density at radius 1 is 1.27 bits per heavy atom. The number of Topliss-reactive ketones (excluding diaryl/α,β-unsaturated/α-hetero) is 1. The van der Waals surface area contributed by atoms with Crippen molar-refractivity contribution in [2.45, 2.75) is 46.1 Å². The van der Waals surface area contributed by atoms with Crippen LogP contribution in [0.4, 0.5) is 5.82 Å². The molecule has 33 heavy (non-hydrogen) atoms. The largest absolute Gasteiger partial charge is 0.488 e. The quantitative estimate of drug-likeness (QED) is 0.320. The third-order valence-electron chi connectivity index (χ3n) is 5.87. The molecule has 3 aromatic rings. The summed E-state index contributed by atoms with van der Waals surface area (Å²) in [6, 6.07) is 7.52. The number of hydrogen-bond donors (Lipinski definition) is 1. The fourth-order valence-electron chi connectivity index (χ4n) is 3.98. The van der Waals surface area contributed by atoms with E-state index in [2.05, 4.69) is 11.1 Å². The summed E-state index contributed by atoms with van der Waals surface area (Å²) in [7, 11) is 0. The second-order valence-electron chi connectivity index (χ2n) is 8.31. The number of nitrogen functional groups attached to an aromatic ring is 1. The summed E-state index contributed by atoms with van der Waals surface area (Å²) in [5, 5.41) is 0.557. The van der Waals surface area contributed by atoms with Crippen LogP contribution in [0.2, 0.25) is 5.02 Å². The van der Waals surface area contributed by atoms with Crippen LogP contribution in [-0.4, -0.2) is 22.7 Å². The summed E-state index contributed by atoms with van der Waals surface area (Å²) in [6.45, 7) is 5.61. The van der Waals surface area contributed by atoms with E-state index in [0.29, 0.717) is 35.9 Å². The number of pyridine rings is 1. The van der Waals surface area contributed by atoms with Crippen LogP contribution >= 0.6 is 22.9 Å². The lowest BCUT2D eigenvalue weighted by molar-refractivity contribution is -0.115. The highest BCUT2D eigenvalue weighted by Gasteiger charge is 2.27. The van der Waals surface area contributed by atoms with Gasteiger partial charge in [0.05, 0.1) is 9.90 Å². The summed E-state index contributed by atoms with van der Waals surface area (Å²) in [5.41, 5.74) is 10.6. The van der Waals surface area contributed by atoms with Crippen LogP contribution in [0.5, 0.6) is 5.75 Å². The molecule has 5 nitrogen and oxygen atoms in total. The lowest BCUT2D eigenvalue weighted by atomic mass is 10.0. The van der Waals surface area contributed by atoms with Gasteiger partial charge in [-0.25, -0.2) is 4.98 Å². The van der Waals surface area contributed by atoms with E-state index < -0.39 is 0 Å². The Morgan fingerprint density at radius 2 is 2.06 bits per heavy atom. The van der Waals surface area contributed by atoms with Crippen molar-refractivity contribution in [3.63, 3.8) is 0 Å². The predicted molar refractivity (Wildman–Crippen MR) is 134 cm³/mol. The zero-order valence-electron chi connectivity index (χ0n) is 18.8. The number of carbonyl (C=O) groups excluding carboxylic acids is 2. The number of thiophene rings is 1. The molecule has 1 aliphatic rings. The molecular formula is C26H25ClN2O3S. The molecule has 1 unspecified atom stereocenters. The number of ether oxygens (including phenoxy) is 1. The Hall–Kier alpha value is -2.96. The van der Waals surface area contributed by atoms with Gasteiger partial charge in [-0.05, 0) is 85.9 Å². The zero-order chi connectivity index (χ0) is 23.7. The van der Waals surface area contributed by atoms with E-state index in [1.54, 1.807) is 31.3 Å². The summed E-state index contributed by atoms with van der Waals surface area (Å²) in [5.74, 6) is 1.24. The Morgan fingerprint density at radius 3 is 2.73 bits per heavy atom. The van der Waals surface area contributed by atoms with Crippen LogP contribution < -0.4 is 10.5 Å². The van der Waals surface area contributed by atoms with Gasteiger partial charge in [0, 0.05) is 29.5 Å². The smallest absolute Gasteiger partial charge is 0.170 e. The minimum absolute atomic E-state index is 0.0274. The van der Waals surface area contributed by atoms with Gasteiger partial charge in [-0.15, -0.1) is 11.3 Å². The van der Waals surface area contributed by atoms with E-state index in [1.807, 2.05) is 26.0 Å². The summed E-state index contributed by atoms with van der Waals surface area (Å²) < 4.78 is 6.07. The second kappa shape index (κ2) is 9.49. The molecule has 1 atom stereocenters. The van der Waals surface area contributed by atoms with Gasteiger partial charge < -0.3 is 10.5 Å². The van der Waals surface area contributed by atoms with Crippen LogP contribution in [0, 0.1) is 13.8 Å². The van der Waals surface area contributed by atoms with E-state index in [9.17, 15) is 9.59 Å². The monoisotopic (exact) mass is 480 g/mol. The number of ketones is 2. The summed E-state index contributed by atoms with van der Waals surface area (Å²) in [4.78, 5) is 30.1. The predicted octanol–water partition coefficient (Wildman–Crippen LogP) is 6.23. The molecular weight excluding hydrogens is 456 g/mol. The summed E-state index contributed by atoms with van der Waals surface area (Å²) in [6.07, 6.45) is 6.53. The molecule has 0 aliphatic carbocycles. The average molecular weight is 481 g/mol. The van der Waals surface area contributed by atoms with E-state index in [1.165, 1.54) is 11.3 Å². The highest BCUT2D eigenvalue weighted by molar-refractivity contribution is 7.17. The molecule has 1 aromatic carbocycles. The van der Waals surface area contributed by atoms with Gasteiger partial charge in [0.25, 0.3) is 0 Å². The first-order chi connectivity index (χ1) is 15.7. The van der Waals surface area contributed by atoms with Crippen LogP contribution in [-0.2, 0) is 11.2 Å². The van der Waals surface area contributed by atoms with Crippen molar-refractivity contribution in [2.24, 2.45) is 0 Å². The molecule has 4 rings (SSSR count). The Labute approximate surface area is 202 Å². The van der Waals surface area contributed by atoms with E-state index in [-0.39, 0.29) is 17.7 Å². The third kappa shape index (κ3) is 5.02. The fourth-order valence-corrected chi connectivity index (χ4v) is 5.46. The number of benzene rings is 1. The van der Waals surface area contributed by atoms with Crippen molar-refractivity contribution >= 4 is 46.4 Å². The highest BCUT2D eigenvalue weighted by Crippen LogP contribution is 2.43. The molecule has 170 valence electrons. The Kier molecular flexibility index (Phi) is 6.68. The Bertz CT molecular complexity index is 1260. The maximum absolute atomic E-state index is 12.3. The molecule has 2 N–H and O–H groups in total. The van der Waals surface area contributed by atoms with Crippen LogP contribution in [0.3, 0.4) is 0 Å². The molecule has 2 aromatic heterocycles. The first kappa shape index (κ1) is 23.2. The molecule has 0 spiro atoms. The standard InChI is InChI=1S/C26H25ClN2O3S/c1-14-15(2)26(33-25(14)16(3)30)19-10-18-11-21(32-24(18)22(27)12-19)8-7-20(31)6-4-17-5-9-23(28)29-13-17/h4-6,9-10,12-13,21H,7-8,11H2,1-3H3,(H2,28,29)/b6-4+. The van der Waals surface area contributed by atoms with E-state index in [0.717, 1.165) is 37.6 Å². The van der Waals surface area contributed by atoms with Crippen molar-refractivity contribution < 1.29 is 14.3 Å².